The Morgan fingerprint density at radius 1 is 0.712 bits per heavy atom. The number of fused-ring (bicyclic) bond motifs is 1. The molecule has 0 radical (unpaired) electrons. The standard InChI is InChI=1S/C42H52N8O9/c1-42(2,3)59-41(58)50-33(23-27-25-45-30-19-11-10-18-29(27)30)38(55)47-31(20-12-13-21-44-40(57)46-28-16-8-5-9-17-28)37(54)49-34(24-35(51)52)39(56)48-32(36(43)53)22-26-14-6-4-7-15-26/h4-11,14-19,25,31-34,45H,12-13,20-24H2,1-3H3,(H2,43,53)(H,47,55)(H,48,56)(H,49,54)(H,50,58)(H,51,52)(H2,44,46,57)/t31-,32-,33-,34-/m0/s1. The molecule has 17 heteroatoms. The van der Waals surface area contributed by atoms with E-state index in [-0.39, 0.29) is 32.2 Å². The predicted molar refractivity (Wildman–Crippen MR) is 220 cm³/mol. The number of alkyl carbamates (subject to hydrolysis) is 1. The van der Waals surface area contributed by atoms with Crippen molar-refractivity contribution in [3.63, 3.8) is 0 Å². The number of para-hydroxylation sites is 2. The number of ether oxygens (including phenoxy) is 1. The van der Waals surface area contributed by atoms with Crippen molar-refractivity contribution in [2.24, 2.45) is 5.73 Å². The molecule has 314 valence electrons. The van der Waals surface area contributed by atoms with Gasteiger partial charge in [-0.2, -0.15) is 0 Å². The first-order valence-electron chi connectivity index (χ1n) is 19.2. The Morgan fingerprint density at radius 3 is 1.97 bits per heavy atom. The average molecular weight is 813 g/mol. The Bertz CT molecular complexity index is 2070. The second-order valence-electron chi connectivity index (χ2n) is 14.9. The number of hydrogen-bond donors (Lipinski definition) is 9. The van der Waals surface area contributed by atoms with E-state index in [9.17, 15) is 38.7 Å². The zero-order valence-corrected chi connectivity index (χ0v) is 33.2. The number of carbonyl (C=O) groups excluding carboxylic acids is 6. The maximum absolute atomic E-state index is 14.1. The lowest BCUT2D eigenvalue weighted by atomic mass is 10.0. The van der Waals surface area contributed by atoms with E-state index in [4.69, 9.17) is 10.5 Å². The Hall–Kier alpha value is -6.91. The SMILES string of the molecule is CC(C)(C)OC(=O)N[C@@H](Cc1c[nH]c2ccccc12)C(=O)N[C@@H](CCCCNC(=O)Nc1ccccc1)C(=O)N[C@@H](CC(=O)O)C(=O)N[C@@H](Cc1ccccc1)C(N)=O. The van der Waals surface area contributed by atoms with Crippen molar-refractivity contribution in [2.45, 2.75) is 89.1 Å². The second-order valence-corrected chi connectivity index (χ2v) is 14.9. The first-order valence-corrected chi connectivity index (χ1v) is 19.2. The second kappa shape index (κ2) is 21.6. The molecule has 0 unspecified atom stereocenters. The minimum atomic E-state index is -1.68. The van der Waals surface area contributed by atoms with Gasteiger partial charge in [0.25, 0.3) is 0 Å². The van der Waals surface area contributed by atoms with Gasteiger partial charge in [-0.1, -0.05) is 66.7 Å². The van der Waals surface area contributed by atoms with Crippen molar-refractivity contribution in [1.82, 2.24) is 31.6 Å². The van der Waals surface area contributed by atoms with Crippen molar-refractivity contribution in [3.05, 3.63) is 102 Å². The minimum absolute atomic E-state index is 0.00814. The summed E-state index contributed by atoms with van der Waals surface area (Å²) < 4.78 is 5.44. The van der Waals surface area contributed by atoms with Crippen LogP contribution in [-0.2, 0) is 41.6 Å². The number of amides is 7. The summed E-state index contributed by atoms with van der Waals surface area (Å²) in [4.78, 5) is 94.4. The maximum atomic E-state index is 14.1. The molecule has 0 spiro atoms. The third kappa shape index (κ3) is 15.2. The van der Waals surface area contributed by atoms with Gasteiger partial charge in [0, 0.05) is 42.2 Å². The highest BCUT2D eigenvalue weighted by Gasteiger charge is 2.33. The maximum Gasteiger partial charge on any atom is 0.408 e. The van der Waals surface area contributed by atoms with Crippen LogP contribution < -0.4 is 37.6 Å². The topological polar surface area (TPSA) is 263 Å². The largest absolute Gasteiger partial charge is 0.481 e. The van der Waals surface area contributed by atoms with Crippen LogP contribution in [-0.4, -0.2) is 88.1 Å². The fourth-order valence-electron chi connectivity index (χ4n) is 6.09. The molecule has 3 aromatic carbocycles. The summed E-state index contributed by atoms with van der Waals surface area (Å²) in [7, 11) is 0. The lowest BCUT2D eigenvalue weighted by molar-refractivity contribution is -0.141. The monoisotopic (exact) mass is 812 g/mol. The van der Waals surface area contributed by atoms with E-state index < -0.39 is 77.9 Å². The number of nitrogens with one attached hydrogen (secondary N) is 7. The molecule has 0 fully saturated rings. The number of hydrogen-bond acceptors (Lipinski definition) is 8. The number of benzene rings is 3. The number of aromatic nitrogens is 1. The first-order chi connectivity index (χ1) is 28.1. The molecular weight excluding hydrogens is 761 g/mol. The van der Waals surface area contributed by atoms with Gasteiger partial charge in [-0.05, 0) is 69.4 Å². The van der Waals surface area contributed by atoms with Gasteiger partial charge in [-0.25, -0.2) is 9.59 Å². The number of unbranched alkanes of at least 4 members (excludes halogenated alkanes) is 1. The molecule has 1 aromatic heterocycles. The molecule has 1 heterocycles. The molecule has 4 aromatic rings. The summed E-state index contributed by atoms with van der Waals surface area (Å²) in [5.74, 6) is -4.96. The van der Waals surface area contributed by atoms with E-state index in [2.05, 4.69) is 36.9 Å². The van der Waals surface area contributed by atoms with Crippen LogP contribution in [0.5, 0.6) is 0 Å². The highest BCUT2D eigenvalue weighted by Crippen LogP contribution is 2.20. The number of aromatic amines is 1. The van der Waals surface area contributed by atoms with Crippen LogP contribution >= 0.6 is 0 Å². The van der Waals surface area contributed by atoms with Crippen molar-refractivity contribution >= 4 is 58.3 Å². The Kier molecular flexibility index (Phi) is 16.4. The molecule has 0 aliphatic carbocycles. The number of anilines is 1. The zero-order chi connectivity index (χ0) is 43.0. The molecule has 0 aliphatic rings. The molecular formula is C42H52N8O9. The number of nitrogens with two attached hydrogens (primary N) is 1. The van der Waals surface area contributed by atoms with E-state index in [1.165, 1.54) is 0 Å². The van der Waals surface area contributed by atoms with Gasteiger partial charge in [0.2, 0.25) is 23.6 Å². The Morgan fingerprint density at radius 2 is 1.31 bits per heavy atom. The average Bonchev–Trinajstić information content (AvgIpc) is 3.58. The van der Waals surface area contributed by atoms with Gasteiger partial charge in [0.1, 0.15) is 29.8 Å². The number of H-pyrrole nitrogens is 1. The van der Waals surface area contributed by atoms with E-state index in [0.29, 0.717) is 23.2 Å². The molecule has 4 rings (SSSR count). The number of carboxylic acid groups (broad SMARTS) is 1. The summed E-state index contributed by atoms with van der Waals surface area (Å²) in [5.41, 5.74) is 7.43. The molecule has 17 nitrogen and oxygen atoms in total. The highest BCUT2D eigenvalue weighted by molar-refractivity contribution is 5.97. The lowest BCUT2D eigenvalue weighted by Gasteiger charge is -2.27. The lowest BCUT2D eigenvalue weighted by Crippen LogP contribution is -2.59. The van der Waals surface area contributed by atoms with Crippen molar-refractivity contribution in [1.29, 1.82) is 0 Å². The fraction of sp³-hybridized carbons (Fsp3) is 0.357. The van der Waals surface area contributed by atoms with Crippen LogP contribution in [0.1, 0.15) is 57.6 Å². The highest BCUT2D eigenvalue weighted by atomic mass is 16.6. The molecule has 10 N–H and O–H groups in total. The predicted octanol–water partition coefficient (Wildman–Crippen LogP) is 3.25. The van der Waals surface area contributed by atoms with E-state index in [1.807, 2.05) is 30.3 Å². The smallest absolute Gasteiger partial charge is 0.408 e. The Balaban J connectivity index is 1.53. The van der Waals surface area contributed by atoms with Gasteiger partial charge in [0.05, 0.1) is 6.42 Å². The molecule has 59 heavy (non-hydrogen) atoms. The molecule has 0 saturated carbocycles. The number of rotatable bonds is 20. The number of carbonyl (C=O) groups is 7. The number of carboxylic acids is 1. The number of urea groups is 1. The van der Waals surface area contributed by atoms with Crippen LogP contribution in [0.2, 0.25) is 0 Å². The van der Waals surface area contributed by atoms with Crippen LogP contribution in [0.4, 0.5) is 15.3 Å². The first kappa shape index (κ1) is 44.8. The molecule has 4 atom stereocenters. The van der Waals surface area contributed by atoms with Gasteiger partial charge in [-0.3, -0.25) is 24.0 Å². The number of aliphatic carboxylic acids is 1. The number of primary amides is 1. The summed E-state index contributed by atoms with van der Waals surface area (Å²) >= 11 is 0. The van der Waals surface area contributed by atoms with Gasteiger partial charge >= 0.3 is 18.1 Å². The Labute approximate surface area is 341 Å². The van der Waals surface area contributed by atoms with Gasteiger partial charge < -0.3 is 52.5 Å². The molecule has 0 bridgehead atoms. The van der Waals surface area contributed by atoms with E-state index in [1.54, 1.807) is 81.6 Å². The fourth-order valence-corrected chi connectivity index (χ4v) is 6.09. The minimum Gasteiger partial charge on any atom is -0.481 e. The summed E-state index contributed by atoms with van der Waals surface area (Å²) in [6.45, 7) is 5.20. The summed E-state index contributed by atoms with van der Waals surface area (Å²) in [5, 5.41) is 26.1. The van der Waals surface area contributed by atoms with E-state index >= 15 is 0 Å². The van der Waals surface area contributed by atoms with Crippen molar-refractivity contribution in [2.75, 3.05) is 11.9 Å². The van der Waals surface area contributed by atoms with Crippen LogP contribution in [0.25, 0.3) is 10.9 Å². The van der Waals surface area contributed by atoms with Gasteiger partial charge in [-0.15, -0.1) is 0 Å². The van der Waals surface area contributed by atoms with Gasteiger partial charge in [0.15, 0.2) is 0 Å². The molecule has 7 amide bonds. The third-order valence-corrected chi connectivity index (χ3v) is 8.93. The normalized spacial score (nSPS) is 13.1. The third-order valence-electron chi connectivity index (χ3n) is 8.93. The van der Waals surface area contributed by atoms with Crippen molar-refractivity contribution in [3.8, 4) is 0 Å². The van der Waals surface area contributed by atoms with Crippen LogP contribution in [0.15, 0.2) is 91.1 Å². The quantitative estimate of drug-likeness (QED) is 0.0593. The van der Waals surface area contributed by atoms with Crippen LogP contribution in [0.3, 0.4) is 0 Å². The summed E-state index contributed by atoms with van der Waals surface area (Å²) in [6.07, 6.45) is 0.570. The zero-order valence-electron chi connectivity index (χ0n) is 33.2. The van der Waals surface area contributed by atoms with Crippen molar-refractivity contribution < 1.29 is 43.4 Å². The summed E-state index contributed by atoms with van der Waals surface area (Å²) in [6, 6.07) is 18.9. The molecule has 0 aliphatic heterocycles. The van der Waals surface area contributed by atoms with E-state index in [0.717, 1.165) is 10.9 Å². The molecule has 0 saturated heterocycles. The van der Waals surface area contributed by atoms with Crippen LogP contribution in [0, 0.1) is 0 Å².